The van der Waals surface area contributed by atoms with Gasteiger partial charge in [-0.2, -0.15) is 4.98 Å². The van der Waals surface area contributed by atoms with Crippen molar-refractivity contribution < 1.29 is 9.13 Å². The molecule has 0 spiro atoms. The first-order valence-electron chi connectivity index (χ1n) is 5.12. The van der Waals surface area contributed by atoms with Gasteiger partial charge in [0, 0.05) is 5.69 Å². The van der Waals surface area contributed by atoms with Gasteiger partial charge in [-0.05, 0) is 46.3 Å². The largest absolute Gasteiger partial charge is 0.479 e. The van der Waals surface area contributed by atoms with Gasteiger partial charge in [-0.1, -0.05) is 0 Å². The number of nitrogens with one attached hydrogen (secondary N) is 1. The molecule has 1 heterocycles. The minimum Gasteiger partial charge on any atom is -0.479 e. The van der Waals surface area contributed by atoms with Gasteiger partial charge in [0.1, 0.15) is 11.6 Å². The Labute approximate surface area is 112 Å². The summed E-state index contributed by atoms with van der Waals surface area (Å²) in [6.45, 7) is 0. The zero-order valence-corrected chi connectivity index (χ0v) is 11.2. The summed E-state index contributed by atoms with van der Waals surface area (Å²) in [5, 5.41) is 2.97. The Hall–Kier alpha value is -1.82. The molecule has 0 aliphatic carbocycles. The highest BCUT2D eigenvalue weighted by atomic mass is 79.9. The zero-order chi connectivity index (χ0) is 13.1. The van der Waals surface area contributed by atoms with Crippen LogP contribution in [0, 0.1) is 5.82 Å². The Morgan fingerprint density at radius 2 is 2.11 bits per heavy atom. The Morgan fingerprint density at radius 1 is 1.33 bits per heavy atom. The molecule has 0 atom stereocenters. The summed E-state index contributed by atoms with van der Waals surface area (Å²) in [6, 6.07) is 8.08. The van der Waals surface area contributed by atoms with Crippen LogP contribution in [0.1, 0.15) is 0 Å². The molecule has 0 saturated heterocycles. The highest BCUT2D eigenvalue weighted by molar-refractivity contribution is 9.10. The van der Waals surface area contributed by atoms with E-state index in [4.69, 9.17) is 10.5 Å². The predicted molar refractivity (Wildman–Crippen MR) is 72.6 cm³/mol. The molecule has 18 heavy (non-hydrogen) atoms. The molecule has 2 aromatic rings. The predicted octanol–water partition coefficient (Wildman–Crippen LogP) is 3.32. The summed E-state index contributed by atoms with van der Waals surface area (Å²) < 4.78 is 18.8. The third kappa shape index (κ3) is 2.70. The van der Waals surface area contributed by atoms with E-state index in [0.29, 0.717) is 27.5 Å². The van der Waals surface area contributed by atoms with Gasteiger partial charge in [0.2, 0.25) is 5.88 Å². The van der Waals surface area contributed by atoms with Gasteiger partial charge in [-0.25, -0.2) is 4.39 Å². The molecule has 0 saturated carbocycles. The fraction of sp³-hybridized carbons (Fsp3) is 0.0833. The van der Waals surface area contributed by atoms with E-state index in [-0.39, 0.29) is 5.82 Å². The quantitative estimate of drug-likeness (QED) is 0.913. The number of nitrogens with two attached hydrogens (primary N) is 1. The highest BCUT2D eigenvalue weighted by Gasteiger charge is 2.05. The van der Waals surface area contributed by atoms with Crippen molar-refractivity contribution in [3.05, 3.63) is 40.6 Å². The molecule has 2 rings (SSSR count). The summed E-state index contributed by atoms with van der Waals surface area (Å²) in [4.78, 5) is 4.15. The maximum absolute atomic E-state index is 13.3. The van der Waals surface area contributed by atoms with Crippen molar-refractivity contribution in [1.29, 1.82) is 0 Å². The van der Waals surface area contributed by atoms with Crippen LogP contribution in [-0.2, 0) is 0 Å². The molecule has 0 amide bonds. The molecule has 0 unspecified atom stereocenters. The van der Waals surface area contributed by atoms with E-state index < -0.39 is 0 Å². The number of ether oxygens (including phenoxy) is 1. The van der Waals surface area contributed by atoms with E-state index in [1.807, 2.05) is 0 Å². The summed E-state index contributed by atoms with van der Waals surface area (Å²) in [5.74, 6) is 0.516. The van der Waals surface area contributed by atoms with Gasteiger partial charge in [0.15, 0.2) is 0 Å². The number of methoxy groups -OCH3 is 1. The van der Waals surface area contributed by atoms with Crippen molar-refractivity contribution in [3.8, 4) is 5.88 Å². The Bertz CT molecular complexity index is 577. The highest BCUT2D eigenvalue weighted by Crippen LogP contribution is 2.25. The van der Waals surface area contributed by atoms with E-state index in [1.165, 1.54) is 13.2 Å². The first-order valence-corrected chi connectivity index (χ1v) is 5.92. The van der Waals surface area contributed by atoms with Crippen molar-refractivity contribution in [2.24, 2.45) is 0 Å². The SMILES string of the molecule is COc1nc(Nc2ccc(Br)c(F)c2)ccc1N. The summed E-state index contributed by atoms with van der Waals surface area (Å²) >= 11 is 3.09. The average molecular weight is 312 g/mol. The second-order valence-corrected chi connectivity index (χ2v) is 4.40. The molecule has 3 N–H and O–H groups in total. The molecular formula is C12H11BrFN3O. The standard InChI is InChI=1S/C12H11BrFN3O/c1-18-12-10(15)4-5-11(17-12)16-7-2-3-8(13)9(14)6-7/h2-6H,15H2,1H3,(H,16,17). The number of hydrogen-bond acceptors (Lipinski definition) is 4. The second-order valence-electron chi connectivity index (χ2n) is 3.55. The van der Waals surface area contributed by atoms with Gasteiger partial charge < -0.3 is 15.8 Å². The smallest absolute Gasteiger partial charge is 0.238 e. The maximum atomic E-state index is 13.3. The first kappa shape index (κ1) is 12.6. The van der Waals surface area contributed by atoms with E-state index in [9.17, 15) is 4.39 Å². The van der Waals surface area contributed by atoms with Gasteiger partial charge in [-0.15, -0.1) is 0 Å². The van der Waals surface area contributed by atoms with E-state index >= 15 is 0 Å². The summed E-state index contributed by atoms with van der Waals surface area (Å²) in [5.41, 5.74) is 6.70. The molecule has 0 aliphatic rings. The van der Waals surface area contributed by atoms with Crippen molar-refractivity contribution in [2.75, 3.05) is 18.2 Å². The van der Waals surface area contributed by atoms with Crippen molar-refractivity contribution in [3.63, 3.8) is 0 Å². The number of aromatic nitrogens is 1. The zero-order valence-electron chi connectivity index (χ0n) is 9.58. The van der Waals surface area contributed by atoms with Gasteiger partial charge in [-0.3, -0.25) is 0 Å². The average Bonchev–Trinajstić information content (AvgIpc) is 2.36. The van der Waals surface area contributed by atoms with E-state index in [1.54, 1.807) is 24.3 Å². The molecular weight excluding hydrogens is 301 g/mol. The topological polar surface area (TPSA) is 60.2 Å². The molecule has 0 fully saturated rings. The molecule has 1 aromatic heterocycles. The fourth-order valence-electron chi connectivity index (χ4n) is 1.41. The van der Waals surface area contributed by atoms with Crippen molar-refractivity contribution >= 4 is 33.1 Å². The van der Waals surface area contributed by atoms with Crippen molar-refractivity contribution in [2.45, 2.75) is 0 Å². The van der Waals surface area contributed by atoms with E-state index in [0.717, 1.165) is 0 Å². The number of benzene rings is 1. The fourth-order valence-corrected chi connectivity index (χ4v) is 1.65. The number of hydrogen-bond donors (Lipinski definition) is 2. The van der Waals surface area contributed by atoms with Crippen LogP contribution >= 0.6 is 15.9 Å². The molecule has 1 aromatic carbocycles. The van der Waals surface area contributed by atoms with Crippen LogP contribution in [0.4, 0.5) is 21.6 Å². The number of halogens is 2. The van der Waals surface area contributed by atoms with Gasteiger partial charge in [0.25, 0.3) is 0 Å². The first-order chi connectivity index (χ1) is 8.60. The lowest BCUT2D eigenvalue weighted by molar-refractivity contribution is 0.401. The minimum absolute atomic E-state index is 0.331. The second kappa shape index (κ2) is 5.22. The molecule has 4 nitrogen and oxygen atoms in total. The molecule has 94 valence electrons. The van der Waals surface area contributed by atoms with Crippen LogP contribution in [0.15, 0.2) is 34.8 Å². The van der Waals surface area contributed by atoms with E-state index in [2.05, 4.69) is 26.2 Å². The maximum Gasteiger partial charge on any atom is 0.238 e. The lowest BCUT2D eigenvalue weighted by atomic mass is 10.3. The normalized spacial score (nSPS) is 10.2. The molecule has 6 heteroatoms. The monoisotopic (exact) mass is 311 g/mol. The van der Waals surface area contributed by atoms with Crippen LogP contribution < -0.4 is 15.8 Å². The lowest BCUT2D eigenvalue weighted by Gasteiger charge is -2.09. The molecule has 0 radical (unpaired) electrons. The Morgan fingerprint density at radius 3 is 2.78 bits per heavy atom. The van der Waals surface area contributed by atoms with Crippen LogP contribution in [0.5, 0.6) is 5.88 Å². The molecule has 0 bridgehead atoms. The lowest BCUT2D eigenvalue weighted by Crippen LogP contribution is -1.99. The summed E-state index contributed by atoms with van der Waals surface area (Å²) in [6.07, 6.45) is 0. The third-order valence-corrected chi connectivity index (χ3v) is 2.92. The number of nitrogens with zero attached hydrogens (tertiary/aromatic N) is 1. The number of nitrogen functional groups attached to an aromatic ring is 1. The van der Waals surface area contributed by atoms with Crippen LogP contribution in [0.25, 0.3) is 0 Å². The minimum atomic E-state index is -0.345. The number of pyridine rings is 1. The van der Waals surface area contributed by atoms with Gasteiger partial charge >= 0.3 is 0 Å². The van der Waals surface area contributed by atoms with Gasteiger partial charge in [0.05, 0.1) is 17.3 Å². The third-order valence-electron chi connectivity index (χ3n) is 2.28. The Balaban J connectivity index is 2.25. The Kier molecular flexibility index (Phi) is 3.66. The van der Waals surface area contributed by atoms with Crippen LogP contribution in [0.3, 0.4) is 0 Å². The molecule has 0 aliphatic heterocycles. The summed E-state index contributed by atoms with van der Waals surface area (Å²) in [7, 11) is 1.49. The van der Waals surface area contributed by atoms with Crippen molar-refractivity contribution in [1.82, 2.24) is 4.98 Å². The van der Waals surface area contributed by atoms with Crippen LogP contribution in [-0.4, -0.2) is 12.1 Å². The number of rotatable bonds is 3. The number of anilines is 3. The van der Waals surface area contributed by atoms with Crippen LogP contribution in [0.2, 0.25) is 0 Å².